The average Bonchev–Trinajstić information content (AvgIpc) is 2.48. The highest BCUT2D eigenvalue weighted by molar-refractivity contribution is 8.09. The summed E-state index contributed by atoms with van der Waals surface area (Å²) in [6.07, 6.45) is 2.09. The van der Waals surface area contributed by atoms with E-state index in [1.165, 1.54) is 24.3 Å². The molecule has 180 valence electrons. The predicted molar refractivity (Wildman–Crippen MR) is 122 cm³/mol. The van der Waals surface area contributed by atoms with Crippen molar-refractivity contribution in [1.82, 2.24) is 4.72 Å². The lowest BCUT2D eigenvalue weighted by Crippen LogP contribution is -2.40. The van der Waals surface area contributed by atoms with Crippen LogP contribution in [-0.4, -0.2) is 58.0 Å². The molecule has 0 aliphatic carbocycles. The van der Waals surface area contributed by atoms with Crippen LogP contribution in [0.1, 0.15) is 20.8 Å². The minimum atomic E-state index is -4.32. The molecule has 32 heavy (non-hydrogen) atoms. The molecular formula is C17H24N2O9S4. The first-order valence-corrected chi connectivity index (χ1v) is 15.8. The van der Waals surface area contributed by atoms with E-state index in [0.717, 1.165) is 6.07 Å². The van der Waals surface area contributed by atoms with Crippen molar-refractivity contribution >= 4 is 56.6 Å². The summed E-state index contributed by atoms with van der Waals surface area (Å²) in [4.78, 5) is -0.521. The molecule has 0 bridgehead atoms. The Labute approximate surface area is 188 Å². The molecule has 0 amide bonds. The van der Waals surface area contributed by atoms with Gasteiger partial charge in [-0.1, -0.05) is 18.2 Å². The summed E-state index contributed by atoms with van der Waals surface area (Å²) in [5.41, 5.74) is -1.24. The Balaban J connectivity index is 3.02. The van der Waals surface area contributed by atoms with Gasteiger partial charge in [0.15, 0.2) is 5.75 Å². The molecule has 15 heteroatoms. The van der Waals surface area contributed by atoms with Gasteiger partial charge in [0, 0.05) is 16.3 Å². The second-order valence-electron chi connectivity index (χ2n) is 8.13. The lowest BCUT2D eigenvalue weighted by atomic mass is 10.1. The minimum Gasteiger partial charge on any atom is -0.380 e. The zero-order valence-electron chi connectivity index (χ0n) is 18.1. The molecule has 0 aromatic heterocycles. The van der Waals surface area contributed by atoms with E-state index in [4.69, 9.17) is 4.18 Å². The highest BCUT2D eigenvalue weighted by Crippen LogP contribution is 2.39. The fraction of sp³-hybridized carbons (Fsp3) is 0.412. The summed E-state index contributed by atoms with van der Waals surface area (Å²) in [6.45, 7) is 4.74. The molecule has 11 nitrogen and oxygen atoms in total. The van der Waals surface area contributed by atoms with Gasteiger partial charge in [0.25, 0.3) is 0 Å². The topological polar surface area (TPSA) is 161 Å². The van der Waals surface area contributed by atoms with Gasteiger partial charge in [-0.25, -0.2) is 30.0 Å². The number of fused-ring (bicyclic) bond motifs is 1. The van der Waals surface area contributed by atoms with E-state index in [2.05, 4.69) is 4.72 Å². The highest BCUT2D eigenvalue weighted by Gasteiger charge is 2.32. The van der Waals surface area contributed by atoms with Crippen molar-refractivity contribution in [2.75, 3.05) is 22.5 Å². The Morgan fingerprint density at radius 1 is 0.781 bits per heavy atom. The van der Waals surface area contributed by atoms with Crippen LogP contribution in [-0.2, 0) is 40.2 Å². The number of anilines is 1. The highest BCUT2D eigenvalue weighted by atomic mass is 32.3. The first-order chi connectivity index (χ1) is 14.1. The van der Waals surface area contributed by atoms with E-state index in [0.29, 0.717) is 18.8 Å². The fourth-order valence-electron chi connectivity index (χ4n) is 2.96. The lowest BCUT2D eigenvalue weighted by Gasteiger charge is -2.24. The number of sulfonamides is 3. The zero-order chi connectivity index (χ0) is 24.9. The molecule has 2 aromatic rings. The van der Waals surface area contributed by atoms with E-state index < -0.39 is 56.4 Å². The maximum Gasteiger partial charge on any atom is 0.306 e. The molecule has 0 heterocycles. The van der Waals surface area contributed by atoms with Crippen molar-refractivity contribution in [1.29, 1.82) is 0 Å². The van der Waals surface area contributed by atoms with Crippen molar-refractivity contribution < 1.29 is 37.9 Å². The Morgan fingerprint density at radius 3 is 1.75 bits per heavy atom. The molecule has 0 fully saturated rings. The van der Waals surface area contributed by atoms with Gasteiger partial charge in [-0.3, -0.25) is 0 Å². The Hall–Kier alpha value is -1.94. The van der Waals surface area contributed by atoms with Gasteiger partial charge in [0.2, 0.25) is 30.1 Å². The summed E-state index contributed by atoms with van der Waals surface area (Å²) < 4.78 is 106. The van der Waals surface area contributed by atoms with Crippen molar-refractivity contribution in [2.24, 2.45) is 0 Å². The second kappa shape index (κ2) is 8.13. The van der Waals surface area contributed by atoms with Crippen LogP contribution in [0.3, 0.4) is 0 Å². The van der Waals surface area contributed by atoms with E-state index in [1.54, 1.807) is 20.8 Å². The third-order valence-corrected chi connectivity index (χ3v) is 9.19. The van der Waals surface area contributed by atoms with Crippen LogP contribution in [0.5, 0.6) is 5.75 Å². The normalized spacial score (nSPS) is 13.8. The second-order valence-corrected chi connectivity index (χ2v) is 15.3. The standard InChI is InChI=1S/C17H24N2O9S4/c1-17(2,3)18-32(26,27)15-11-10-12-13(16(15)28-31(6,24)25)8-7-9-14(12)19(29(4,20)21)30(5,22)23/h7-11,18H,1-6H3. The first-order valence-electron chi connectivity index (χ1n) is 8.83. The quantitative estimate of drug-likeness (QED) is 0.516. The molecule has 2 rings (SSSR count). The molecule has 0 saturated heterocycles. The van der Waals surface area contributed by atoms with Gasteiger partial charge in [0.1, 0.15) is 4.90 Å². The molecule has 0 aliphatic heterocycles. The maximum atomic E-state index is 12.9. The largest absolute Gasteiger partial charge is 0.380 e. The lowest BCUT2D eigenvalue weighted by molar-refractivity contribution is 0.478. The number of hydrogen-bond donors (Lipinski definition) is 1. The van der Waals surface area contributed by atoms with Crippen LogP contribution in [0.15, 0.2) is 35.2 Å². The van der Waals surface area contributed by atoms with Gasteiger partial charge in [-0.05, 0) is 32.9 Å². The number of benzene rings is 2. The Kier molecular flexibility index (Phi) is 6.68. The molecule has 0 radical (unpaired) electrons. The van der Waals surface area contributed by atoms with Crippen LogP contribution in [0.4, 0.5) is 5.69 Å². The Morgan fingerprint density at radius 2 is 1.31 bits per heavy atom. The predicted octanol–water partition coefficient (Wildman–Crippen LogP) is 0.981. The maximum absolute atomic E-state index is 12.9. The van der Waals surface area contributed by atoms with Crippen LogP contribution in [0.2, 0.25) is 0 Å². The van der Waals surface area contributed by atoms with Crippen LogP contribution in [0.25, 0.3) is 10.8 Å². The molecule has 0 unspecified atom stereocenters. The molecule has 0 atom stereocenters. The van der Waals surface area contributed by atoms with Gasteiger partial charge in [0.05, 0.1) is 24.5 Å². The minimum absolute atomic E-state index is 0.0586. The van der Waals surface area contributed by atoms with Gasteiger partial charge in [-0.15, -0.1) is 0 Å². The number of hydrogen-bond acceptors (Lipinski definition) is 9. The summed E-state index contributed by atoms with van der Waals surface area (Å²) in [5, 5.41) is -0.182. The molecule has 2 aromatic carbocycles. The Bertz CT molecular complexity index is 1460. The third-order valence-electron chi connectivity index (χ3n) is 3.72. The number of rotatable bonds is 7. The smallest absolute Gasteiger partial charge is 0.306 e. The first kappa shape index (κ1) is 26.3. The molecule has 0 spiro atoms. The zero-order valence-corrected chi connectivity index (χ0v) is 21.4. The van der Waals surface area contributed by atoms with Gasteiger partial charge >= 0.3 is 10.1 Å². The monoisotopic (exact) mass is 528 g/mol. The van der Waals surface area contributed by atoms with E-state index in [1.807, 2.05) is 0 Å². The van der Waals surface area contributed by atoms with Crippen LogP contribution in [0, 0.1) is 0 Å². The van der Waals surface area contributed by atoms with Crippen LogP contribution < -0.4 is 12.6 Å². The van der Waals surface area contributed by atoms with E-state index >= 15 is 0 Å². The summed E-state index contributed by atoms with van der Waals surface area (Å²) >= 11 is 0. The van der Waals surface area contributed by atoms with Crippen molar-refractivity contribution in [3.63, 3.8) is 0 Å². The van der Waals surface area contributed by atoms with Gasteiger partial charge in [-0.2, -0.15) is 12.1 Å². The van der Waals surface area contributed by atoms with E-state index in [-0.39, 0.29) is 20.2 Å². The third kappa shape index (κ3) is 6.10. The summed E-state index contributed by atoms with van der Waals surface area (Å²) in [5.74, 6) is -0.592. The summed E-state index contributed by atoms with van der Waals surface area (Å²) in [7, 11) is -17.2. The molecule has 0 saturated carbocycles. The number of nitrogens with one attached hydrogen (secondary N) is 1. The number of nitrogens with zero attached hydrogens (tertiary/aromatic N) is 1. The van der Waals surface area contributed by atoms with Crippen molar-refractivity contribution in [3.8, 4) is 5.75 Å². The molecule has 1 N–H and O–H groups in total. The van der Waals surface area contributed by atoms with Gasteiger partial charge < -0.3 is 4.18 Å². The summed E-state index contributed by atoms with van der Waals surface area (Å²) in [6, 6.07) is 5.93. The van der Waals surface area contributed by atoms with Crippen molar-refractivity contribution in [3.05, 3.63) is 30.3 Å². The van der Waals surface area contributed by atoms with Crippen molar-refractivity contribution in [2.45, 2.75) is 31.2 Å². The average molecular weight is 529 g/mol. The molecule has 0 aliphatic rings. The van der Waals surface area contributed by atoms with Crippen LogP contribution >= 0.6 is 0 Å². The SMILES string of the molecule is CC(C)(C)NS(=O)(=O)c1ccc2c(N(S(C)(=O)=O)S(C)(=O)=O)cccc2c1OS(C)(=O)=O. The molecular weight excluding hydrogens is 504 g/mol. The fourth-order valence-corrected chi connectivity index (χ4v) is 8.06. The van der Waals surface area contributed by atoms with E-state index in [9.17, 15) is 33.7 Å².